The summed E-state index contributed by atoms with van der Waals surface area (Å²) in [7, 11) is 1.69. The third-order valence-corrected chi connectivity index (χ3v) is 2.02. The number of hydrogen-bond acceptors (Lipinski definition) is 3. The van der Waals surface area contributed by atoms with Crippen LogP contribution in [0.2, 0.25) is 0 Å². The molecule has 0 aliphatic rings. The quantitative estimate of drug-likeness (QED) is 0.761. The van der Waals surface area contributed by atoms with Gasteiger partial charge in [0.05, 0.1) is 6.61 Å². The molecular formula is C12H20N2O. The molecule has 0 aliphatic carbocycles. The smallest absolute Gasteiger partial charge is 0.130 e. The van der Waals surface area contributed by atoms with Gasteiger partial charge in [0.25, 0.3) is 0 Å². The van der Waals surface area contributed by atoms with Crippen LogP contribution in [0.3, 0.4) is 0 Å². The number of aromatic nitrogens is 2. The fraction of sp³-hybridized carbons (Fsp3) is 0.667. The van der Waals surface area contributed by atoms with Crippen LogP contribution < -0.4 is 0 Å². The number of rotatable bonds is 4. The Morgan fingerprint density at radius 2 is 1.80 bits per heavy atom. The SMILES string of the molecule is COCCc1ncc(CC(C)(C)C)cn1. The van der Waals surface area contributed by atoms with Crippen LogP contribution >= 0.6 is 0 Å². The summed E-state index contributed by atoms with van der Waals surface area (Å²) in [5, 5.41) is 0. The first-order valence-corrected chi connectivity index (χ1v) is 5.30. The maximum absolute atomic E-state index is 4.98. The van der Waals surface area contributed by atoms with Crippen molar-refractivity contribution in [3.8, 4) is 0 Å². The molecule has 0 radical (unpaired) electrons. The molecule has 0 N–H and O–H groups in total. The highest BCUT2D eigenvalue weighted by atomic mass is 16.5. The minimum absolute atomic E-state index is 0.289. The van der Waals surface area contributed by atoms with Gasteiger partial charge in [0.2, 0.25) is 0 Å². The average Bonchev–Trinajstić information content (AvgIpc) is 2.14. The van der Waals surface area contributed by atoms with Crippen molar-refractivity contribution in [2.75, 3.05) is 13.7 Å². The summed E-state index contributed by atoms with van der Waals surface area (Å²) in [6.45, 7) is 7.32. The highest BCUT2D eigenvalue weighted by Crippen LogP contribution is 2.19. The van der Waals surface area contributed by atoms with Crippen molar-refractivity contribution in [1.82, 2.24) is 9.97 Å². The van der Waals surface area contributed by atoms with Gasteiger partial charge in [-0.1, -0.05) is 20.8 Å². The van der Waals surface area contributed by atoms with Gasteiger partial charge in [-0.25, -0.2) is 9.97 Å². The Labute approximate surface area is 91.9 Å². The van der Waals surface area contributed by atoms with Gasteiger partial charge in [-0.2, -0.15) is 0 Å². The number of methoxy groups -OCH3 is 1. The Morgan fingerprint density at radius 3 is 2.27 bits per heavy atom. The zero-order valence-electron chi connectivity index (χ0n) is 10.1. The third kappa shape index (κ3) is 4.88. The van der Waals surface area contributed by atoms with Crippen LogP contribution in [0.4, 0.5) is 0 Å². The number of ether oxygens (including phenoxy) is 1. The molecule has 1 aromatic heterocycles. The van der Waals surface area contributed by atoms with E-state index in [-0.39, 0.29) is 5.41 Å². The maximum Gasteiger partial charge on any atom is 0.130 e. The molecule has 0 aromatic carbocycles. The molecule has 0 fully saturated rings. The van der Waals surface area contributed by atoms with Crippen LogP contribution in [0, 0.1) is 5.41 Å². The van der Waals surface area contributed by atoms with E-state index in [1.54, 1.807) is 7.11 Å². The van der Waals surface area contributed by atoms with Crippen LogP contribution in [-0.2, 0) is 17.6 Å². The van der Waals surface area contributed by atoms with Crippen LogP contribution in [0.5, 0.6) is 0 Å². The van der Waals surface area contributed by atoms with Crippen molar-refractivity contribution in [3.63, 3.8) is 0 Å². The van der Waals surface area contributed by atoms with Gasteiger partial charge < -0.3 is 4.74 Å². The molecule has 0 aliphatic heterocycles. The lowest BCUT2D eigenvalue weighted by atomic mass is 9.89. The van der Waals surface area contributed by atoms with Crippen molar-refractivity contribution in [2.45, 2.75) is 33.6 Å². The van der Waals surface area contributed by atoms with E-state index in [0.717, 1.165) is 18.7 Å². The molecule has 0 amide bonds. The molecule has 0 spiro atoms. The van der Waals surface area contributed by atoms with E-state index < -0.39 is 0 Å². The summed E-state index contributed by atoms with van der Waals surface area (Å²) in [6, 6.07) is 0. The summed E-state index contributed by atoms with van der Waals surface area (Å²) >= 11 is 0. The van der Waals surface area contributed by atoms with Crippen LogP contribution in [0.15, 0.2) is 12.4 Å². The zero-order chi connectivity index (χ0) is 11.3. The molecule has 15 heavy (non-hydrogen) atoms. The lowest BCUT2D eigenvalue weighted by molar-refractivity contribution is 0.200. The first-order chi connectivity index (χ1) is 7.01. The molecule has 1 aromatic rings. The van der Waals surface area contributed by atoms with E-state index in [1.807, 2.05) is 12.4 Å². The monoisotopic (exact) mass is 208 g/mol. The second-order valence-corrected chi connectivity index (χ2v) is 4.99. The predicted molar refractivity (Wildman–Crippen MR) is 60.8 cm³/mol. The molecule has 1 heterocycles. The van der Waals surface area contributed by atoms with Crippen LogP contribution in [-0.4, -0.2) is 23.7 Å². The molecular weight excluding hydrogens is 188 g/mol. The van der Waals surface area contributed by atoms with E-state index in [0.29, 0.717) is 6.61 Å². The maximum atomic E-state index is 4.98. The fourth-order valence-corrected chi connectivity index (χ4v) is 1.41. The molecule has 0 saturated carbocycles. The Morgan fingerprint density at radius 1 is 1.20 bits per heavy atom. The molecule has 3 heteroatoms. The molecule has 3 nitrogen and oxygen atoms in total. The summed E-state index contributed by atoms with van der Waals surface area (Å²) in [5.41, 5.74) is 1.49. The average molecular weight is 208 g/mol. The standard InChI is InChI=1S/C12H20N2O/c1-12(2,3)7-10-8-13-11(14-9-10)5-6-15-4/h8-9H,5-7H2,1-4H3. The van der Waals surface area contributed by atoms with Gasteiger partial charge in [-0.05, 0) is 17.4 Å². The van der Waals surface area contributed by atoms with Gasteiger partial charge in [-0.15, -0.1) is 0 Å². The van der Waals surface area contributed by atoms with Crippen LogP contribution in [0.1, 0.15) is 32.2 Å². The summed E-state index contributed by atoms with van der Waals surface area (Å²) in [6.07, 6.45) is 5.64. The Kier molecular flexibility index (Phi) is 4.21. The van der Waals surface area contributed by atoms with Gasteiger partial charge in [-0.3, -0.25) is 0 Å². The van der Waals surface area contributed by atoms with E-state index in [1.165, 1.54) is 5.56 Å². The molecule has 84 valence electrons. The van der Waals surface area contributed by atoms with Crippen molar-refractivity contribution >= 4 is 0 Å². The highest BCUT2D eigenvalue weighted by molar-refractivity contribution is 5.07. The Balaban J connectivity index is 2.56. The minimum Gasteiger partial charge on any atom is -0.384 e. The lowest BCUT2D eigenvalue weighted by Crippen LogP contribution is -2.10. The van der Waals surface area contributed by atoms with Gasteiger partial charge >= 0.3 is 0 Å². The number of nitrogens with zero attached hydrogens (tertiary/aromatic N) is 2. The zero-order valence-corrected chi connectivity index (χ0v) is 10.1. The second-order valence-electron chi connectivity index (χ2n) is 4.99. The van der Waals surface area contributed by atoms with Crippen molar-refractivity contribution in [3.05, 3.63) is 23.8 Å². The normalized spacial score (nSPS) is 11.7. The van der Waals surface area contributed by atoms with E-state index in [9.17, 15) is 0 Å². The summed E-state index contributed by atoms with van der Waals surface area (Å²) in [5.74, 6) is 0.856. The number of hydrogen-bond donors (Lipinski definition) is 0. The van der Waals surface area contributed by atoms with Crippen molar-refractivity contribution < 1.29 is 4.74 Å². The molecule has 1 rings (SSSR count). The fourth-order valence-electron chi connectivity index (χ4n) is 1.41. The largest absolute Gasteiger partial charge is 0.384 e. The second kappa shape index (κ2) is 5.21. The van der Waals surface area contributed by atoms with Gasteiger partial charge in [0.1, 0.15) is 5.82 Å². The van der Waals surface area contributed by atoms with Gasteiger partial charge in [0.15, 0.2) is 0 Å². The molecule has 0 bridgehead atoms. The predicted octanol–water partition coefficient (Wildman–Crippen LogP) is 2.25. The van der Waals surface area contributed by atoms with E-state index >= 15 is 0 Å². The van der Waals surface area contributed by atoms with Crippen molar-refractivity contribution in [1.29, 1.82) is 0 Å². The lowest BCUT2D eigenvalue weighted by Gasteiger charge is -2.17. The first-order valence-electron chi connectivity index (χ1n) is 5.30. The Bertz CT molecular complexity index is 287. The van der Waals surface area contributed by atoms with Crippen molar-refractivity contribution in [2.24, 2.45) is 5.41 Å². The topological polar surface area (TPSA) is 35.0 Å². The highest BCUT2D eigenvalue weighted by Gasteiger charge is 2.11. The minimum atomic E-state index is 0.289. The first kappa shape index (κ1) is 12.1. The van der Waals surface area contributed by atoms with E-state index in [2.05, 4.69) is 30.7 Å². The molecule has 0 atom stereocenters. The van der Waals surface area contributed by atoms with Crippen LogP contribution in [0.25, 0.3) is 0 Å². The molecule has 0 saturated heterocycles. The molecule has 0 unspecified atom stereocenters. The Hall–Kier alpha value is -0.960. The summed E-state index contributed by atoms with van der Waals surface area (Å²) in [4.78, 5) is 8.62. The summed E-state index contributed by atoms with van der Waals surface area (Å²) < 4.78 is 4.98. The van der Waals surface area contributed by atoms with E-state index in [4.69, 9.17) is 4.74 Å². The third-order valence-electron chi connectivity index (χ3n) is 2.02. The van der Waals surface area contributed by atoms with Gasteiger partial charge in [0, 0.05) is 25.9 Å².